The molecule has 6 nitrogen and oxygen atoms in total. The summed E-state index contributed by atoms with van der Waals surface area (Å²) < 4.78 is 13.8. The number of nitrogens with one attached hydrogen (secondary N) is 2. The van der Waals surface area contributed by atoms with Crippen molar-refractivity contribution in [1.29, 1.82) is 0 Å². The van der Waals surface area contributed by atoms with Gasteiger partial charge in [-0.25, -0.2) is 9.18 Å². The minimum Gasteiger partial charge on any atom is -0.352 e. The number of hydrogen-bond acceptors (Lipinski definition) is 3. The number of hydrogen-bond donors (Lipinski definition) is 3. The molecule has 114 valence electrons. The molecule has 0 spiro atoms. The second-order valence-corrected chi connectivity index (χ2v) is 5.07. The molecule has 1 unspecified atom stereocenters. The minimum atomic E-state index is -0.614. The number of amides is 3. The fourth-order valence-electron chi connectivity index (χ4n) is 2.08. The average molecular weight is 294 g/mol. The molecule has 1 aromatic rings. The molecule has 3 amide bonds. The standard InChI is InChI=1S/C14H19FN4O2/c1-9(16)4-5-17-13(20)11-8-10(2-3-12(11)15)19-7-6-18-14(19)21/h2-3,8-9H,4-7,16H2,1H3,(H,17,20)(H,18,21). The lowest BCUT2D eigenvalue weighted by molar-refractivity contribution is 0.0948. The topological polar surface area (TPSA) is 87.5 Å². The second-order valence-electron chi connectivity index (χ2n) is 5.07. The normalized spacial score (nSPS) is 15.8. The van der Waals surface area contributed by atoms with Crippen LogP contribution in [0.15, 0.2) is 18.2 Å². The van der Waals surface area contributed by atoms with Gasteiger partial charge in [0.2, 0.25) is 0 Å². The molecule has 0 bridgehead atoms. The lowest BCUT2D eigenvalue weighted by atomic mass is 10.1. The SMILES string of the molecule is CC(N)CCNC(=O)c1cc(N2CCNC2=O)ccc1F. The molecule has 0 radical (unpaired) electrons. The Kier molecular flexibility index (Phi) is 4.74. The van der Waals surface area contributed by atoms with E-state index in [1.807, 2.05) is 6.92 Å². The maximum absolute atomic E-state index is 13.8. The number of nitrogens with zero attached hydrogens (tertiary/aromatic N) is 1. The Balaban J connectivity index is 2.11. The molecular weight excluding hydrogens is 275 g/mol. The summed E-state index contributed by atoms with van der Waals surface area (Å²) in [6, 6.07) is 3.79. The number of carbonyl (C=O) groups excluding carboxylic acids is 2. The maximum atomic E-state index is 13.8. The molecule has 1 aliphatic heterocycles. The molecule has 4 N–H and O–H groups in total. The minimum absolute atomic E-state index is 0.0326. The van der Waals surface area contributed by atoms with Gasteiger partial charge < -0.3 is 16.4 Å². The Labute approximate surface area is 122 Å². The van der Waals surface area contributed by atoms with Crippen molar-refractivity contribution in [3.63, 3.8) is 0 Å². The maximum Gasteiger partial charge on any atom is 0.321 e. The molecule has 1 fully saturated rings. The van der Waals surface area contributed by atoms with Crippen molar-refractivity contribution in [2.75, 3.05) is 24.5 Å². The number of halogens is 1. The van der Waals surface area contributed by atoms with E-state index in [2.05, 4.69) is 10.6 Å². The van der Waals surface area contributed by atoms with E-state index in [1.54, 1.807) is 0 Å². The molecule has 1 heterocycles. The quantitative estimate of drug-likeness (QED) is 0.751. The van der Waals surface area contributed by atoms with E-state index in [9.17, 15) is 14.0 Å². The molecule has 0 aliphatic carbocycles. The van der Waals surface area contributed by atoms with Crippen LogP contribution in [0, 0.1) is 5.82 Å². The second kappa shape index (κ2) is 6.53. The Morgan fingerprint density at radius 1 is 1.57 bits per heavy atom. The first-order valence-corrected chi connectivity index (χ1v) is 6.87. The largest absolute Gasteiger partial charge is 0.352 e. The highest BCUT2D eigenvalue weighted by atomic mass is 19.1. The van der Waals surface area contributed by atoms with Crippen LogP contribution in [0.4, 0.5) is 14.9 Å². The lowest BCUT2D eigenvalue weighted by Crippen LogP contribution is -2.30. The van der Waals surface area contributed by atoms with E-state index in [-0.39, 0.29) is 17.6 Å². The van der Waals surface area contributed by atoms with E-state index in [4.69, 9.17) is 5.73 Å². The third-order valence-electron chi connectivity index (χ3n) is 3.25. The summed E-state index contributed by atoms with van der Waals surface area (Å²) in [6.07, 6.45) is 0.613. The van der Waals surface area contributed by atoms with Crippen molar-refractivity contribution in [1.82, 2.24) is 10.6 Å². The molecule has 1 saturated heterocycles. The molecule has 1 atom stereocenters. The summed E-state index contributed by atoms with van der Waals surface area (Å²) in [6.45, 7) is 3.24. The third kappa shape index (κ3) is 3.69. The molecule has 7 heteroatoms. The van der Waals surface area contributed by atoms with Crippen molar-refractivity contribution in [2.24, 2.45) is 5.73 Å². The molecule has 2 rings (SSSR count). The van der Waals surface area contributed by atoms with Crippen molar-refractivity contribution >= 4 is 17.6 Å². The summed E-state index contributed by atoms with van der Waals surface area (Å²) >= 11 is 0. The fraction of sp³-hybridized carbons (Fsp3) is 0.429. The Bertz CT molecular complexity index is 548. The predicted octanol–water partition coefficient (Wildman–Crippen LogP) is 0.822. The van der Waals surface area contributed by atoms with Crippen LogP contribution in [0.25, 0.3) is 0 Å². The summed E-state index contributed by atoms with van der Waals surface area (Å²) in [5.74, 6) is -1.12. The highest BCUT2D eigenvalue weighted by Gasteiger charge is 2.23. The van der Waals surface area contributed by atoms with Gasteiger partial charge in [0, 0.05) is 31.4 Å². The first-order chi connectivity index (χ1) is 9.99. The van der Waals surface area contributed by atoms with Crippen LogP contribution in [-0.2, 0) is 0 Å². The number of carbonyl (C=O) groups is 2. The Morgan fingerprint density at radius 3 is 2.95 bits per heavy atom. The molecule has 1 aromatic carbocycles. The van der Waals surface area contributed by atoms with Gasteiger partial charge in [-0.15, -0.1) is 0 Å². The summed E-state index contributed by atoms with van der Waals surface area (Å²) in [5, 5.41) is 5.28. The number of urea groups is 1. The monoisotopic (exact) mass is 294 g/mol. The van der Waals surface area contributed by atoms with E-state index >= 15 is 0 Å². The Hall–Kier alpha value is -2.15. The number of nitrogens with two attached hydrogens (primary N) is 1. The van der Waals surface area contributed by atoms with Gasteiger partial charge in [-0.2, -0.15) is 0 Å². The van der Waals surface area contributed by atoms with Crippen molar-refractivity contribution in [3.8, 4) is 0 Å². The van der Waals surface area contributed by atoms with Gasteiger partial charge in [0.25, 0.3) is 5.91 Å². The van der Waals surface area contributed by atoms with Crippen LogP contribution in [0.3, 0.4) is 0 Å². The van der Waals surface area contributed by atoms with Crippen LogP contribution < -0.4 is 21.3 Å². The molecule has 1 aliphatic rings. The van der Waals surface area contributed by atoms with Crippen LogP contribution in [0.2, 0.25) is 0 Å². The third-order valence-corrected chi connectivity index (χ3v) is 3.25. The fourth-order valence-corrected chi connectivity index (χ4v) is 2.08. The van der Waals surface area contributed by atoms with E-state index < -0.39 is 11.7 Å². The van der Waals surface area contributed by atoms with Gasteiger partial charge in [0.15, 0.2) is 0 Å². The van der Waals surface area contributed by atoms with E-state index in [1.165, 1.54) is 23.1 Å². The molecule has 0 aromatic heterocycles. The number of benzene rings is 1. The van der Waals surface area contributed by atoms with Crippen molar-refractivity contribution < 1.29 is 14.0 Å². The van der Waals surface area contributed by atoms with Gasteiger partial charge >= 0.3 is 6.03 Å². The molecule has 0 saturated carbocycles. The molecular formula is C14H19FN4O2. The van der Waals surface area contributed by atoms with E-state index in [0.29, 0.717) is 31.7 Å². The van der Waals surface area contributed by atoms with Gasteiger partial charge in [0.05, 0.1) is 5.56 Å². The summed E-state index contributed by atoms with van der Waals surface area (Å²) in [5.41, 5.74) is 6.02. The summed E-state index contributed by atoms with van der Waals surface area (Å²) in [7, 11) is 0. The van der Waals surface area contributed by atoms with Crippen LogP contribution in [-0.4, -0.2) is 37.6 Å². The zero-order valence-electron chi connectivity index (χ0n) is 11.9. The van der Waals surface area contributed by atoms with E-state index in [0.717, 1.165) is 0 Å². The predicted molar refractivity (Wildman–Crippen MR) is 77.7 cm³/mol. The lowest BCUT2D eigenvalue weighted by Gasteiger charge is -2.15. The molecule has 21 heavy (non-hydrogen) atoms. The van der Waals surface area contributed by atoms with Gasteiger partial charge in [-0.3, -0.25) is 9.69 Å². The average Bonchev–Trinajstić information content (AvgIpc) is 2.85. The Morgan fingerprint density at radius 2 is 2.33 bits per heavy atom. The zero-order chi connectivity index (χ0) is 15.4. The van der Waals surface area contributed by atoms with Crippen LogP contribution in [0.5, 0.6) is 0 Å². The smallest absolute Gasteiger partial charge is 0.321 e. The van der Waals surface area contributed by atoms with Gasteiger partial charge in [-0.05, 0) is 31.5 Å². The first-order valence-electron chi connectivity index (χ1n) is 6.87. The number of rotatable bonds is 5. The number of anilines is 1. The highest BCUT2D eigenvalue weighted by Crippen LogP contribution is 2.20. The highest BCUT2D eigenvalue weighted by molar-refractivity contribution is 5.98. The summed E-state index contributed by atoms with van der Waals surface area (Å²) in [4.78, 5) is 25.0. The van der Waals surface area contributed by atoms with Gasteiger partial charge in [0.1, 0.15) is 5.82 Å². The van der Waals surface area contributed by atoms with Crippen LogP contribution in [0.1, 0.15) is 23.7 Å². The van der Waals surface area contributed by atoms with Crippen molar-refractivity contribution in [3.05, 3.63) is 29.6 Å². The van der Waals surface area contributed by atoms with Crippen molar-refractivity contribution in [2.45, 2.75) is 19.4 Å². The zero-order valence-corrected chi connectivity index (χ0v) is 11.9. The first kappa shape index (κ1) is 15.2. The van der Waals surface area contributed by atoms with Gasteiger partial charge in [-0.1, -0.05) is 0 Å². The van der Waals surface area contributed by atoms with Crippen LogP contribution >= 0.6 is 0 Å².